The van der Waals surface area contributed by atoms with Crippen molar-refractivity contribution in [3.05, 3.63) is 100 Å². The Labute approximate surface area is 202 Å². The number of ether oxygens (including phenoxy) is 1. The van der Waals surface area contributed by atoms with Crippen LogP contribution >= 0.6 is 0 Å². The maximum absolute atomic E-state index is 13.2. The van der Waals surface area contributed by atoms with E-state index in [1.807, 2.05) is 30.5 Å². The van der Waals surface area contributed by atoms with Crippen LogP contribution in [0.3, 0.4) is 0 Å². The molecule has 0 aromatic carbocycles. The second kappa shape index (κ2) is 10.0. The quantitative estimate of drug-likeness (QED) is 0.444. The molecular weight excluding hydrogens is 446 g/mol. The molecule has 0 radical (unpaired) electrons. The lowest BCUT2D eigenvalue weighted by atomic mass is 10.1. The van der Waals surface area contributed by atoms with Crippen LogP contribution in [-0.4, -0.2) is 45.1 Å². The summed E-state index contributed by atoms with van der Waals surface area (Å²) in [7, 11) is 1.48. The zero-order valence-electron chi connectivity index (χ0n) is 19.5. The molecule has 4 aromatic heterocycles. The van der Waals surface area contributed by atoms with Gasteiger partial charge in [0.15, 0.2) is 0 Å². The lowest BCUT2D eigenvalue weighted by Crippen LogP contribution is -2.31. The third-order valence-electron chi connectivity index (χ3n) is 6.25. The van der Waals surface area contributed by atoms with Crippen molar-refractivity contribution in [3.63, 3.8) is 0 Å². The fourth-order valence-electron chi connectivity index (χ4n) is 4.52. The highest BCUT2D eigenvalue weighted by Gasteiger charge is 2.25. The van der Waals surface area contributed by atoms with Crippen LogP contribution in [0.15, 0.2) is 76.4 Å². The Morgan fingerprint density at radius 2 is 2.06 bits per heavy atom. The third-order valence-corrected chi connectivity index (χ3v) is 6.25. The molecule has 0 fully saturated rings. The van der Waals surface area contributed by atoms with E-state index in [2.05, 4.69) is 25.8 Å². The van der Waals surface area contributed by atoms with Crippen LogP contribution < -0.4 is 15.6 Å². The average molecular weight is 474 g/mol. The molecular formula is C26H27N5O4. The summed E-state index contributed by atoms with van der Waals surface area (Å²) >= 11 is 0. The first-order valence-corrected chi connectivity index (χ1v) is 11.6. The molecule has 5 rings (SSSR count). The van der Waals surface area contributed by atoms with E-state index in [4.69, 9.17) is 9.15 Å². The van der Waals surface area contributed by atoms with Gasteiger partial charge in [-0.05, 0) is 36.4 Å². The zero-order chi connectivity index (χ0) is 24.2. The van der Waals surface area contributed by atoms with Crippen molar-refractivity contribution in [2.45, 2.75) is 26.1 Å². The minimum Gasteiger partial charge on any atom is -0.496 e. The van der Waals surface area contributed by atoms with Gasteiger partial charge in [-0.3, -0.25) is 14.5 Å². The van der Waals surface area contributed by atoms with E-state index in [-0.39, 0.29) is 23.8 Å². The van der Waals surface area contributed by atoms with Crippen molar-refractivity contribution in [3.8, 4) is 11.6 Å². The largest absolute Gasteiger partial charge is 0.496 e. The van der Waals surface area contributed by atoms with E-state index in [9.17, 15) is 9.59 Å². The Balaban J connectivity index is 1.38. The normalized spacial score (nSPS) is 13.7. The van der Waals surface area contributed by atoms with E-state index in [0.29, 0.717) is 49.6 Å². The molecule has 0 spiro atoms. The highest BCUT2D eigenvalue weighted by atomic mass is 16.5. The van der Waals surface area contributed by atoms with Crippen LogP contribution in [0.25, 0.3) is 5.82 Å². The Bertz CT molecular complexity index is 1360. The third kappa shape index (κ3) is 4.76. The number of hydrogen-bond donors (Lipinski definition) is 1. The van der Waals surface area contributed by atoms with E-state index in [0.717, 1.165) is 11.5 Å². The monoisotopic (exact) mass is 473 g/mol. The summed E-state index contributed by atoms with van der Waals surface area (Å²) in [5.41, 5.74) is 2.03. The topological polar surface area (TPSA) is 94.5 Å². The van der Waals surface area contributed by atoms with Crippen molar-refractivity contribution in [2.75, 3.05) is 20.2 Å². The van der Waals surface area contributed by atoms with Crippen molar-refractivity contribution >= 4 is 5.91 Å². The molecule has 1 aliphatic heterocycles. The number of furan rings is 1. The highest BCUT2D eigenvalue weighted by Crippen LogP contribution is 2.24. The molecule has 5 heterocycles. The van der Waals surface area contributed by atoms with Gasteiger partial charge in [-0.1, -0.05) is 6.07 Å². The lowest BCUT2D eigenvalue weighted by molar-refractivity contribution is 0.0942. The number of aromatic nitrogens is 3. The number of carbonyl (C=O) groups excluding carboxylic acids is 1. The molecule has 35 heavy (non-hydrogen) atoms. The number of hydrogen-bond acceptors (Lipinski definition) is 6. The lowest BCUT2D eigenvalue weighted by Gasteiger charge is -2.20. The van der Waals surface area contributed by atoms with Gasteiger partial charge in [0.05, 0.1) is 19.9 Å². The van der Waals surface area contributed by atoms with Crippen LogP contribution in [0, 0.1) is 0 Å². The molecule has 0 atom stereocenters. The summed E-state index contributed by atoms with van der Waals surface area (Å²) in [5.74, 6) is 1.51. The number of amides is 1. The van der Waals surface area contributed by atoms with Gasteiger partial charge in [-0.15, -0.1) is 0 Å². The zero-order valence-corrected chi connectivity index (χ0v) is 19.5. The highest BCUT2D eigenvalue weighted by molar-refractivity contribution is 5.98. The fraction of sp³-hybridized carbons (Fsp3) is 0.269. The number of nitrogens with one attached hydrogen (secondary N) is 1. The van der Waals surface area contributed by atoms with Crippen LogP contribution in [0.1, 0.15) is 27.5 Å². The van der Waals surface area contributed by atoms with E-state index < -0.39 is 0 Å². The molecule has 0 aliphatic carbocycles. The Morgan fingerprint density at radius 1 is 1.14 bits per heavy atom. The van der Waals surface area contributed by atoms with E-state index >= 15 is 0 Å². The predicted molar refractivity (Wildman–Crippen MR) is 130 cm³/mol. The molecule has 1 N–H and O–H groups in total. The SMILES string of the molecule is COc1cc(=O)n2c(c1C(=O)NCc1ccco1)CCN(Cc1cccn1-c1ccccn1)CC2. The number of carbonyl (C=O) groups is 1. The maximum Gasteiger partial charge on any atom is 0.257 e. The number of rotatable bonds is 7. The van der Waals surface area contributed by atoms with Gasteiger partial charge in [-0.25, -0.2) is 4.98 Å². The fourth-order valence-corrected chi connectivity index (χ4v) is 4.52. The standard InChI is InChI=1S/C26H27N5O4/c1-34-22-16-24(32)31-14-13-29(18-19-6-4-11-30(19)23-8-2-3-10-27-23)12-9-21(31)25(22)26(33)28-17-20-7-5-15-35-20/h2-8,10-11,15-16H,9,12-14,17-18H2,1H3,(H,28,33). The van der Waals surface area contributed by atoms with Crippen LogP contribution in [0.4, 0.5) is 0 Å². The smallest absolute Gasteiger partial charge is 0.257 e. The van der Waals surface area contributed by atoms with E-state index in [1.54, 1.807) is 29.2 Å². The van der Waals surface area contributed by atoms with Gasteiger partial charge in [-0.2, -0.15) is 0 Å². The van der Waals surface area contributed by atoms with Crippen LogP contribution in [0.2, 0.25) is 0 Å². The van der Waals surface area contributed by atoms with Crippen molar-refractivity contribution in [1.82, 2.24) is 24.3 Å². The second-order valence-corrected chi connectivity index (χ2v) is 8.37. The number of pyridine rings is 2. The Morgan fingerprint density at radius 3 is 2.83 bits per heavy atom. The van der Waals surface area contributed by atoms with Crippen molar-refractivity contribution < 1.29 is 13.9 Å². The second-order valence-electron chi connectivity index (χ2n) is 8.37. The summed E-state index contributed by atoms with van der Waals surface area (Å²) in [6, 6.07) is 14.9. The molecule has 9 heteroatoms. The maximum atomic E-state index is 13.2. The van der Waals surface area contributed by atoms with Crippen molar-refractivity contribution in [1.29, 1.82) is 0 Å². The molecule has 1 aliphatic rings. The van der Waals surface area contributed by atoms with Crippen molar-refractivity contribution in [2.24, 2.45) is 0 Å². The van der Waals surface area contributed by atoms with Gasteiger partial charge < -0.3 is 23.6 Å². The van der Waals surface area contributed by atoms with Gasteiger partial charge in [0.1, 0.15) is 22.9 Å². The molecule has 9 nitrogen and oxygen atoms in total. The minimum atomic E-state index is -0.292. The molecule has 0 unspecified atom stereocenters. The molecule has 180 valence electrons. The summed E-state index contributed by atoms with van der Waals surface area (Å²) in [6.07, 6.45) is 5.89. The van der Waals surface area contributed by atoms with E-state index in [1.165, 1.54) is 13.2 Å². The first-order chi connectivity index (χ1) is 17.1. The first kappa shape index (κ1) is 22.7. The molecule has 1 amide bonds. The predicted octanol–water partition coefficient (Wildman–Crippen LogP) is 2.62. The summed E-state index contributed by atoms with van der Waals surface area (Å²) < 4.78 is 14.5. The summed E-state index contributed by atoms with van der Waals surface area (Å²) in [5, 5.41) is 2.89. The van der Waals surface area contributed by atoms with Gasteiger partial charge in [0, 0.05) is 62.4 Å². The molecule has 4 aromatic rings. The minimum absolute atomic E-state index is 0.168. The number of nitrogens with zero attached hydrogens (tertiary/aromatic N) is 4. The molecule has 0 saturated heterocycles. The average Bonchev–Trinajstić information content (AvgIpc) is 3.52. The van der Waals surface area contributed by atoms with Crippen LogP contribution in [0.5, 0.6) is 5.75 Å². The summed E-state index contributed by atoms with van der Waals surface area (Å²) in [4.78, 5) is 32.8. The number of methoxy groups -OCH3 is 1. The number of fused-ring (bicyclic) bond motifs is 1. The Hall–Kier alpha value is -4.11. The molecule has 0 saturated carbocycles. The Kier molecular flexibility index (Phi) is 6.49. The first-order valence-electron chi connectivity index (χ1n) is 11.6. The molecule has 0 bridgehead atoms. The van der Waals surface area contributed by atoms with Gasteiger partial charge in [0.25, 0.3) is 11.5 Å². The summed E-state index contributed by atoms with van der Waals surface area (Å²) in [6.45, 7) is 2.81. The van der Waals surface area contributed by atoms with Gasteiger partial charge >= 0.3 is 0 Å². The van der Waals surface area contributed by atoms with Gasteiger partial charge in [0.2, 0.25) is 0 Å². The van der Waals surface area contributed by atoms with Crippen LogP contribution in [-0.2, 0) is 26.1 Å².